The number of benzene rings is 2. The van der Waals surface area contributed by atoms with Crippen molar-refractivity contribution in [2.45, 2.75) is 26.4 Å². The summed E-state index contributed by atoms with van der Waals surface area (Å²) in [5.41, 5.74) is 3.00. The average Bonchev–Trinajstić information content (AvgIpc) is 3.08. The van der Waals surface area contributed by atoms with Gasteiger partial charge in [-0.15, -0.1) is 0 Å². The SMILES string of the molecule is Cc1cccc(COC(=O)CCc2nc(-c3ccccc3)no2)c1. The lowest BCUT2D eigenvalue weighted by Gasteiger charge is -2.04. The zero-order valence-corrected chi connectivity index (χ0v) is 13.4. The third-order valence-electron chi connectivity index (χ3n) is 3.53. The molecule has 2 aromatic carbocycles. The fourth-order valence-electron chi connectivity index (χ4n) is 2.31. The monoisotopic (exact) mass is 322 g/mol. The summed E-state index contributed by atoms with van der Waals surface area (Å²) < 4.78 is 10.4. The molecule has 0 radical (unpaired) electrons. The highest BCUT2D eigenvalue weighted by molar-refractivity contribution is 5.69. The van der Waals surface area contributed by atoms with Crippen molar-refractivity contribution in [2.24, 2.45) is 0 Å². The lowest BCUT2D eigenvalue weighted by Crippen LogP contribution is -2.06. The lowest BCUT2D eigenvalue weighted by atomic mass is 10.1. The van der Waals surface area contributed by atoms with Gasteiger partial charge in [-0.05, 0) is 12.5 Å². The van der Waals surface area contributed by atoms with Crippen LogP contribution in [0.25, 0.3) is 11.4 Å². The first kappa shape index (κ1) is 15.9. The van der Waals surface area contributed by atoms with Crippen LogP contribution in [0.1, 0.15) is 23.4 Å². The van der Waals surface area contributed by atoms with Crippen molar-refractivity contribution in [1.82, 2.24) is 10.1 Å². The normalized spacial score (nSPS) is 10.5. The largest absolute Gasteiger partial charge is 0.461 e. The molecule has 0 aliphatic heterocycles. The second-order valence-corrected chi connectivity index (χ2v) is 5.53. The Balaban J connectivity index is 1.49. The van der Waals surface area contributed by atoms with Crippen LogP contribution < -0.4 is 0 Å². The molecule has 1 aromatic heterocycles. The minimum atomic E-state index is -0.282. The van der Waals surface area contributed by atoms with E-state index >= 15 is 0 Å². The maximum atomic E-state index is 11.8. The van der Waals surface area contributed by atoms with Gasteiger partial charge in [0, 0.05) is 12.0 Å². The van der Waals surface area contributed by atoms with Gasteiger partial charge in [-0.2, -0.15) is 4.98 Å². The molecule has 0 unspecified atom stereocenters. The van der Waals surface area contributed by atoms with Crippen LogP contribution in [-0.4, -0.2) is 16.1 Å². The Morgan fingerprint density at radius 1 is 1.12 bits per heavy atom. The van der Waals surface area contributed by atoms with Gasteiger partial charge in [0.25, 0.3) is 0 Å². The Morgan fingerprint density at radius 3 is 2.75 bits per heavy atom. The standard InChI is InChI=1S/C19H18N2O3/c1-14-6-5-7-15(12-14)13-23-18(22)11-10-17-20-19(21-24-17)16-8-3-2-4-9-16/h2-9,12H,10-11,13H2,1H3. The number of carbonyl (C=O) groups excluding carboxylic acids is 1. The molecular formula is C19H18N2O3. The van der Waals surface area contributed by atoms with Crippen molar-refractivity contribution in [1.29, 1.82) is 0 Å². The summed E-state index contributed by atoms with van der Waals surface area (Å²) in [6.07, 6.45) is 0.578. The zero-order chi connectivity index (χ0) is 16.8. The van der Waals surface area contributed by atoms with Gasteiger partial charge in [-0.3, -0.25) is 4.79 Å². The fraction of sp³-hybridized carbons (Fsp3) is 0.211. The third kappa shape index (κ3) is 4.29. The Morgan fingerprint density at radius 2 is 1.96 bits per heavy atom. The van der Waals surface area contributed by atoms with E-state index < -0.39 is 0 Å². The van der Waals surface area contributed by atoms with Crippen molar-refractivity contribution >= 4 is 5.97 Å². The number of aryl methyl sites for hydroxylation is 2. The number of hydrogen-bond acceptors (Lipinski definition) is 5. The first-order valence-electron chi connectivity index (χ1n) is 7.80. The molecule has 122 valence electrons. The van der Waals surface area contributed by atoms with Crippen LogP contribution >= 0.6 is 0 Å². The van der Waals surface area contributed by atoms with E-state index in [1.165, 1.54) is 0 Å². The van der Waals surface area contributed by atoms with Crippen LogP contribution in [0.3, 0.4) is 0 Å². The second kappa shape index (κ2) is 7.55. The fourth-order valence-corrected chi connectivity index (χ4v) is 2.31. The van der Waals surface area contributed by atoms with Crippen LogP contribution in [0.15, 0.2) is 59.1 Å². The summed E-state index contributed by atoms with van der Waals surface area (Å²) >= 11 is 0. The number of esters is 1. The maximum absolute atomic E-state index is 11.8. The lowest BCUT2D eigenvalue weighted by molar-refractivity contribution is -0.145. The van der Waals surface area contributed by atoms with Crippen molar-refractivity contribution in [3.63, 3.8) is 0 Å². The summed E-state index contributed by atoms with van der Waals surface area (Å²) in [5.74, 6) is 0.677. The van der Waals surface area contributed by atoms with Gasteiger partial charge in [0.1, 0.15) is 6.61 Å². The van der Waals surface area contributed by atoms with Gasteiger partial charge < -0.3 is 9.26 Å². The molecule has 0 bridgehead atoms. The molecule has 5 heteroatoms. The van der Waals surface area contributed by atoms with E-state index in [2.05, 4.69) is 10.1 Å². The number of hydrogen-bond donors (Lipinski definition) is 0. The van der Waals surface area contributed by atoms with Crippen LogP contribution in [0.5, 0.6) is 0 Å². The van der Waals surface area contributed by atoms with Gasteiger partial charge in [-0.25, -0.2) is 0 Å². The highest BCUT2D eigenvalue weighted by Gasteiger charge is 2.11. The molecule has 3 rings (SSSR count). The molecule has 0 saturated heterocycles. The Bertz CT molecular complexity index is 812. The number of rotatable bonds is 6. The van der Waals surface area contributed by atoms with Gasteiger partial charge in [0.2, 0.25) is 11.7 Å². The molecule has 0 aliphatic rings. The Hall–Kier alpha value is -2.95. The van der Waals surface area contributed by atoms with E-state index in [9.17, 15) is 4.79 Å². The molecule has 0 amide bonds. The van der Waals surface area contributed by atoms with Gasteiger partial charge in [-0.1, -0.05) is 65.3 Å². The summed E-state index contributed by atoms with van der Waals surface area (Å²) in [6.45, 7) is 2.28. The maximum Gasteiger partial charge on any atom is 0.306 e. The number of nitrogens with zero attached hydrogens (tertiary/aromatic N) is 2. The zero-order valence-electron chi connectivity index (χ0n) is 13.4. The van der Waals surface area contributed by atoms with Crippen LogP contribution in [0.2, 0.25) is 0 Å². The predicted molar refractivity (Wildman–Crippen MR) is 89.0 cm³/mol. The average molecular weight is 322 g/mol. The smallest absolute Gasteiger partial charge is 0.306 e. The molecule has 0 N–H and O–H groups in total. The summed E-state index contributed by atoms with van der Waals surface area (Å²) in [7, 11) is 0. The molecule has 0 saturated carbocycles. The summed E-state index contributed by atoms with van der Waals surface area (Å²) in [6, 6.07) is 17.4. The van der Waals surface area contributed by atoms with E-state index in [0.29, 0.717) is 18.1 Å². The molecule has 0 spiro atoms. The predicted octanol–water partition coefficient (Wildman–Crippen LogP) is 3.72. The molecule has 3 aromatic rings. The van der Waals surface area contributed by atoms with Crippen LogP contribution in [0.4, 0.5) is 0 Å². The van der Waals surface area contributed by atoms with Gasteiger partial charge in [0.05, 0.1) is 6.42 Å². The topological polar surface area (TPSA) is 65.2 Å². The van der Waals surface area contributed by atoms with Crippen LogP contribution in [-0.2, 0) is 22.6 Å². The van der Waals surface area contributed by atoms with E-state index in [0.717, 1.165) is 16.7 Å². The molecule has 5 nitrogen and oxygen atoms in total. The number of carbonyl (C=O) groups is 1. The highest BCUT2D eigenvalue weighted by Crippen LogP contribution is 2.15. The first-order valence-corrected chi connectivity index (χ1v) is 7.80. The minimum Gasteiger partial charge on any atom is -0.461 e. The molecular weight excluding hydrogens is 304 g/mol. The highest BCUT2D eigenvalue weighted by atomic mass is 16.5. The van der Waals surface area contributed by atoms with E-state index in [-0.39, 0.29) is 19.0 Å². The Labute approximate surface area is 140 Å². The molecule has 0 atom stereocenters. The van der Waals surface area contributed by atoms with E-state index in [1.54, 1.807) is 0 Å². The van der Waals surface area contributed by atoms with Crippen molar-refractivity contribution in [3.8, 4) is 11.4 Å². The number of ether oxygens (including phenoxy) is 1. The van der Waals surface area contributed by atoms with Gasteiger partial charge >= 0.3 is 5.97 Å². The molecule has 24 heavy (non-hydrogen) atoms. The second-order valence-electron chi connectivity index (χ2n) is 5.53. The molecule has 1 heterocycles. The van der Waals surface area contributed by atoms with Crippen molar-refractivity contribution < 1.29 is 14.1 Å². The first-order chi connectivity index (χ1) is 11.7. The third-order valence-corrected chi connectivity index (χ3v) is 3.53. The van der Waals surface area contributed by atoms with E-state index in [4.69, 9.17) is 9.26 Å². The molecule has 0 fully saturated rings. The molecule has 0 aliphatic carbocycles. The van der Waals surface area contributed by atoms with Crippen molar-refractivity contribution in [2.75, 3.05) is 0 Å². The van der Waals surface area contributed by atoms with E-state index in [1.807, 2.05) is 61.5 Å². The summed E-state index contributed by atoms with van der Waals surface area (Å²) in [4.78, 5) is 16.1. The quantitative estimate of drug-likeness (QED) is 0.647. The number of aromatic nitrogens is 2. The Kier molecular flexibility index (Phi) is 5.01. The van der Waals surface area contributed by atoms with Gasteiger partial charge in [0.15, 0.2) is 0 Å². The minimum absolute atomic E-state index is 0.211. The van der Waals surface area contributed by atoms with Crippen LogP contribution in [0, 0.1) is 6.92 Å². The van der Waals surface area contributed by atoms with Crippen molar-refractivity contribution in [3.05, 3.63) is 71.6 Å². The summed E-state index contributed by atoms with van der Waals surface area (Å²) in [5, 5.41) is 3.93.